The zero-order chi connectivity index (χ0) is 19.3. The lowest BCUT2D eigenvalue weighted by atomic mass is 9.75. The molecule has 2 aliphatic rings. The Bertz CT molecular complexity index is 1110. The van der Waals surface area contributed by atoms with Gasteiger partial charge in [-0.2, -0.15) is 0 Å². The third kappa shape index (κ3) is 2.65. The Balaban J connectivity index is 1.74. The molecule has 1 aliphatic heterocycles. The molecule has 2 aromatic carbocycles. The summed E-state index contributed by atoms with van der Waals surface area (Å²) in [5, 5.41) is 4.74. The number of hydrogen-bond donors (Lipinski definition) is 1. The Hall–Kier alpha value is -2.94. The number of nitrogens with one attached hydrogen (secondary N) is 1. The fourth-order valence-electron chi connectivity index (χ4n) is 4.60. The minimum Gasteiger partial charge on any atom is -0.358 e. The van der Waals surface area contributed by atoms with E-state index in [0.29, 0.717) is 12.3 Å². The quantitative estimate of drug-likeness (QED) is 0.610. The molecule has 1 atom stereocenters. The second-order valence-electron chi connectivity index (χ2n) is 8.15. The summed E-state index contributed by atoms with van der Waals surface area (Å²) in [6.07, 6.45) is 4.32. The van der Waals surface area contributed by atoms with Crippen LogP contribution in [0.4, 0.5) is 5.69 Å². The molecule has 140 valence electrons. The predicted octanol–water partition coefficient (Wildman–Crippen LogP) is 5.92. The molecule has 0 saturated heterocycles. The van der Waals surface area contributed by atoms with E-state index in [2.05, 4.69) is 66.6 Å². The van der Waals surface area contributed by atoms with E-state index in [9.17, 15) is 4.79 Å². The highest BCUT2D eigenvalue weighted by atomic mass is 16.1. The van der Waals surface area contributed by atoms with Crippen LogP contribution in [0.1, 0.15) is 61.6 Å². The van der Waals surface area contributed by atoms with Gasteiger partial charge in [0.25, 0.3) is 0 Å². The molecule has 1 aromatic heterocycles. The molecule has 5 rings (SSSR count). The number of ketones is 1. The first-order valence-electron chi connectivity index (χ1n) is 10.1. The van der Waals surface area contributed by atoms with Crippen LogP contribution in [-0.4, -0.2) is 10.8 Å². The SMILES string of the molecule is CC(C)c1ccc(C2C3=C(CCCC3=O)Nc3c2ccc2ncccc32)cc1. The number of nitrogens with zero attached hydrogens (tertiary/aromatic N) is 1. The van der Waals surface area contributed by atoms with E-state index >= 15 is 0 Å². The first-order valence-corrected chi connectivity index (χ1v) is 10.1. The van der Waals surface area contributed by atoms with Gasteiger partial charge in [0.05, 0.1) is 11.2 Å². The average molecular weight is 368 g/mol. The van der Waals surface area contributed by atoms with Crippen molar-refractivity contribution in [1.29, 1.82) is 0 Å². The smallest absolute Gasteiger partial charge is 0.161 e. The lowest BCUT2D eigenvalue weighted by Crippen LogP contribution is -2.27. The molecule has 3 nitrogen and oxygen atoms in total. The van der Waals surface area contributed by atoms with Gasteiger partial charge in [-0.05, 0) is 53.6 Å². The average Bonchev–Trinajstić information content (AvgIpc) is 2.72. The Morgan fingerprint density at radius 2 is 1.86 bits per heavy atom. The molecule has 2 heterocycles. The summed E-state index contributed by atoms with van der Waals surface area (Å²) < 4.78 is 0. The molecule has 1 N–H and O–H groups in total. The predicted molar refractivity (Wildman–Crippen MR) is 114 cm³/mol. The molecule has 1 aliphatic carbocycles. The van der Waals surface area contributed by atoms with Crippen molar-refractivity contribution < 1.29 is 4.79 Å². The van der Waals surface area contributed by atoms with E-state index in [1.54, 1.807) is 0 Å². The lowest BCUT2D eigenvalue weighted by Gasteiger charge is -2.34. The largest absolute Gasteiger partial charge is 0.358 e. The number of benzene rings is 2. The van der Waals surface area contributed by atoms with Gasteiger partial charge < -0.3 is 5.32 Å². The van der Waals surface area contributed by atoms with E-state index in [1.807, 2.05) is 12.3 Å². The summed E-state index contributed by atoms with van der Waals surface area (Å²) >= 11 is 0. The lowest BCUT2D eigenvalue weighted by molar-refractivity contribution is -0.116. The number of allylic oxidation sites excluding steroid dienone is 2. The number of Topliss-reactive ketones (excluding diaryl/α,β-unsaturated/α-hetero) is 1. The minimum absolute atomic E-state index is 0.00938. The third-order valence-electron chi connectivity index (χ3n) is 6.09. The van der Waals surface area contributed by atoms with E-state index in [0.717, 1.165) is 40.7 Å². The Morgan fingerprint density at radius 1 is 1.04 bits per heavy atom. The summed E-state index contributed by atoms with van der Waals surface area (Å²) in [5.41, 5.74) is 7.83. The van der Waals surface area contributed by atoms with Gasteiger partial charge in [-0.15, -0.1) is 0 Å². The number of hydrogen-bond acceptors (Lipinski definition) is 3. The van der Waals surface area contributed by atoms with Crippen LogP contribution in [0.25, 0.3) is 10.9 Å². The number of fused-ring (bicyclic) bond motifs is 3. The third-order valence-corrected chi connectivity index (χ3v) is 6.09. The van der Waals surface area contributed by atoms with Crippen LogP contribution in [0.15, 0.2) is 66.0 Å². The highest BCUT2D eigenvalue weighted by molar-refractivity contribution is 6.04. The molecule has 0 bridgehead atoms. The number of rotatable bonds is 2. The second kappa shape index (κ2) is 6.59. The van der Waals surface area contributed by atoms with E-state index in [1.165, 1.54) is 16.7 Å². The van der Waals surface area contributed by atoms with Gasteiger partial charge in [0.1, 0.15) is 0 Å². The van der Waals surface area contributed by atoms with Crippen LogP contribution in [0, 0.1) is 0 Å². The van der Waals surface area contributed by atoms with Crippen molar-refractivity contribution in [2.75, 3.05) is 5.32 Å². The van der Waals surface area contributed by atoms with Gasteiger partial charge in [0.15, 0.2) is 5.78 Å². The monoisotopic (exact) mass is 368 g/mol. The first kappa shape index (κ1) is 17.2. The number of anilines is 1. The van der Waals surface area contributed by atoms with E-state index < -0.39 is 0 Å². The molecule has 0 fully saturated rings. The molecule has 28 heavy (non-hydrogen) atoms. The van der Waals surface area contributed by atoms with Gasteiger partial charge in [-0.3, -0.25) is 9.78 Å². The Labute approximate surface area is 165 Å². The number of carbonyl (C=O) groups is 1. The fourth-order valence-corrected chi connectivity index (χ4v) is 4.60. The number of carbonyl (C=O) groups excluding carboxylic acids is 1. The highest BCUT2D eigenvalue weighted by Crippen LogP contribution is 2.47. The fraction of sp³-hybridized carbons (Fsp3) is 0.280. The number of aromatic nitrogens is 1. The maximum absolute atomic E-state index is 13.0. The molecule has 0 amide bonds. The van der Waals surface area contributed by atoms with Crippen LogP contribution in [-0.2, 0) is 4.79 Å². The van der Waals surface area contributed by atoms with Gasteiger partial charge in [-0.1, -0.05) is 44.2 Å². The van der Waals surface area contributed by atoms with Crippen molar-refractivity contribution in [1.82, 2.24) is 4.98 Å². The first-order chi connectivity index (χ1) is 13.6. The minimum atomic E-state index is -0.00938. The molecule has 0 spiro atoms. The summed E-state index contributed by atoms with van der Waals surface area (Å²) in [4.78, 5) is 17.5. The van der Waals surface area contributed by atoms with Gasteiger partial charge in [-0.25, -0.2) is 0 Å². The van der Waals surface area contributed by atoms with Crippen molar-refractivity contribution in [2.45, 2.75) is 44.9 Å². The maximum atomic E-state index is 13.0. The van der Waals surface area contributed by atoms with Crippen molar-refractivity contribution in [3.05, 3.63) is 82.7 Å². The Kier molecular flexibility index (Phi) is 4.04. The van der Waals surface area contributed by atoms with Crippen LogP contribution in [0.5, 0.6) is 0 Å². The summed E-state index contributed by atoms with van der Waals surface area (Å²) in [7, 11) is 0. The standard InChI is InChI=1S/C25H24N2O/c1-15(2)16-8-10-17(11-9-16)23-19-12-13-20-18(5-4-14-26-20)25(19)27-21-6-3-7-22(28)24(21)23/h4-5,8-15,23,27H,3,6-7H2,1-2H3. The molecular weight excluding hydrogens is 344 g/mol. The molecule has 0 saturated carbocycles. The molecule has 3 aromatic rings. The van der Waals surface area contributed by atoms with Crippen LogP contribution < -0.4 is 5.32 Å². The summed E-state index contributed by atoms with van der Waals surface area (Å²) in [6, 6.07) is 17.1. The van der Waals surface area contributed by atoms with Crippen molar-refractivity contribution in [3.63, 3.8) is 0 Å². The summed E-state index contributed by atoms with van der Waals surface area (Å²) in [6.45, 7) is 4.42. The molecular formula is C25H24N2O. The normalized spacial score (nSPS) is 18.8. The van der Waals surface area contributed by atoms with Crippen LogP contribution in [0.3, 0.4) is 0 Å². The van der Waals surface area contributed by atoms with E-state index in [-0.39, 0.29) is 11.7 Å². The molecule has 0 radical (unpaired) electrons. The molecule has 1 unspecified atom stereocenters. The van der Waals surface area contributed by atoms with Gasteiger partial charge in [0, 0.05) is 35.2 Å². The van der Waals surface area contributed by atoms with Crippen molar-refractivity contribution in [3.8, 4) is 0 Å². The molecule has 3 heteroatoms. The van der Waals surface area contributed by atoms with Gasteiger partial charge in [0.2, 0.25) is 0 Å². The second-order valence-corrected chi connectivity index (χ2v) is 8.15. The van der Waals surface area contributed by atoms with Crippen LogP contribution >= 0.6 is 0 Å². The van der Waals surface area contributed by atoms with Crippen LogP contribution in [0.2, 0.25) is 0 Å². The van der Waals surface area contributed by atoms with Crippen molar-refractivity contribution >= 4 is 22.4 Å². The maximum Gasteiger partial charge on any atom is 0.161 e. The zero-order valence-electron chi connectivity index (χ0n) is 16.3. The highest BCUT2D eigenvalue weighted by Gasteiger charge is 2.35. The Morgan fingerprint density at radius 3 is 2.64 bits per heavy atom. The van der Waals surface area contributed by atoms with Gasteiger partial charge >= 0.3 is 0 Å². The summed E-state index contributed by atoms with van der Waals surface area (Å²) in [5.74, 6) is 0.768. The number of pyridine rings is 1. The van der Waals surface area contributed by atoms with Crippen molar-refractivity contribution in [2.24, 2.45) is 0 Å². The van der Waals surface area contributed by atoms with E-state index in [4.69, 9.17) is 0 Å². The zero-order valence-corrected chi connectivity index (χ0v) is 16.3. The topological polar surface area (TPSA) is 42.0 Å².